The first-order valence-electron chi connectivity index (χ1n) is 11.4. The number of nitrogens with zero attached hydrogens (tertiary/aromatic N) is 4. The van der Waals surface area contributed by atoms with Crippen molar-refractivity contribution >= 4 is 64.2 Å². The number of aromatic carboxylic acids is 1. The van der Waals surface area contributed by atoms with Crippen LogP contribution in [-0.2, 0) is 11.3 Å². The van der Waals surface area contributed by atoms with Crippen LogP contribution >= 0.6 is 34.8 Å². The number of rotatable bonds is 6. The fourth-order valence-electron chi connectivity index (χ4n) is 4.09. The van der Waals surface area contributed by atoms with Crippen LogP contribution in [0.4, 0.5) is 5.69 Å². The van der Waals surface area contributed by atoms with E-state index in [2.05, 4.69) is 5.10 Å². The lowest BCUT2D eigenvalue weighted by Crippen LogP contribution is -2.21. The molecule has 10 heteroatoms. The van der Waals surface area contributed by atoms with Gasteiger partial charge < -0.3 is 5.11 Å². The van der Waals surface area contributed by atoms with Crippen LogP contribution < -0.4 is 5.01 Å². The van der Waals surface area contributed by atoms with Gasteiger partial charge >= 0.3 is 5.97 Å². The Kier molecular flexibility index (Phi) is 7.08. The van der Waals surface area contributed by atoms with E-state index in [1.54, 1.807) is 35.9 Å². The Bertz CT molecular complexity index is 1640. The minimum atomic E-state index is -1.19. The normalized spacial score (nSPS) is 14.3. The summed E-state index contributed by atoms with van der Waals surface area (Å²) in [6.45, 7) is 2.16. The Morgan fingerprint density at radius 3 is 2.42 bits per heavy atom. The smallest absolute Gasteiger partial charge is 0.337 e. The molecule has 1 amide bonds. The van der Waals surface area contributed by atoms with Crippen molar-refractivity contribution in [2.75, 3.05) is 5.01 Å². The molecule has 0 spiro atoms. The third-order valence-electron chi connectivity index (χ3n) is 5.95. The van der Waals surface area contributed by atoms with Gasteiger partial charge in [-0.05, 0) is 48.9 Å². The Morgan fingerprint density at radius 1 is 0.974 bits per heavy atom. The number of hydrogen-bond acceptors (Lipinski definition) is 4. The number of carboxylic acids is 1. The van der Waals surface area contributed by atoms with Gasteiger partial charge in [0.15, 0.2) is 0 Å². The molecule has 0 saturated heterocycles. The van der Waals surface area contributed by atoms with Gasteiger partial charge in [0.05, 0.1) is 49.8 Å². The third-order valence-corrected chi connectivity index (χ3v) is 7.02. The maximum Gasteiger partial charge on any atom is 0.337 e. The van der Waals surface area contributed by atoms with Gasteiger partial charge in [-0.25, -0.2) is 4.79 Å². The molecule has 1 aliphatic heterocycles. The Morgan fingerprint density at radius 2 is 1.71 bits per heavy atom. The maximum absolute atomic E-state index is 13.4. The highest BCUT2D eigenvalue weighted by Gasteiger charge is 2.30. The number of carboxylic acid groups (broad SMARTS) is 1. The second-order valence-corrected chi connectivity index (χ2v) is 9.80. The summed E-state index contributed by atoms with van der Waals surface area (Å²) >= 11 is 18.2. The van der Waals surface area contributed by atoms with Crippen LogP contribution in [0.5, 0.6) is 0 Å². The van der Waals surface area contributed by atoms with Crippen molar-refractivity contribution in [3.8, 4) is 11.3 Å². The van der Waals surface area contributed by atoms with Gasteiger partial charge in [-0.2, -0.15) is 15.2 Å². The minimum Gasteiger partial charge on any atom is -0.478 e. The molecule has 1 aliphatic rings. The van der Waals surface area contributed by atoms with Gasteiger partial charge in [0.2, 0.25) is 0 Å². The molecule has 1 N–H and O–H groups in total. The molecule has 0 radical (unpaired) electrons. The third kappa shape index (κ3) is 5.09. The molecule has 38 heavy (non-hydrogen) atoms. The van der Waals surface area contributed by atoms with E-state index < -0.39 is 11.9 Å². The largest absolute Gasteiger partial charge is 0.478 e. The van der Waals surface area contributed by atoms with Crippen molar-refractivity contribution in [3.63, 3.8) is 0 Å². The summed E-state index contributed by atoms with van der Waals surface area (Å²) in [5.41, 5.74) is 4.25. The predicted octanol–water partition coefficient (Wildman–Crippen LogP) is 7.06. The SMILES string of the molecule is CC1=NN(c2ccc(Cl)c(C(=O)O)c2)C(=O)/C1=C/c1cn(Cc2ccc(Cl)c(Cl)c2)nc1-c1ccccc1. The second kappa shape index (κ2) is 10.5. The number of hydrogen-bond donors (Lipinski definition) is 1. The first kappa shape index (κ1) is 25.7. The molecule has 4 aromatic rings. The van der Waals surface area contributed by atoms with Gasteiger partial charge in [-0.15, -0.1) is 0 Å². The fraction of sp³-hybridized carbons (Fsp3) is 0.0714. The van der Waals surface area contributed by atoms with E-state index in [0.717, 1.165) is 16.7 Å². The summed E-state index contributed by atoms with van der Waals surface area (Å²) in [6.07, 6.45) is 3.60. The molecule has 7 nitrogen and oxygen atoms in total. The Balaban J connectivity index is 1.53. The monoisotopic (exact) mass is 564 g/mol. The average molecular weight is 566 g/mol. The Hall–Kier alpha value is -3.91. The van der Waals surface area contributed by atoms with E-state index in [-0.39, 0.29) is 10.6 Å². The summed E-state index contributed by atoms with van der Waals surface area (Å²) in [7, 11) is 0. The van der Waals surface area contributed by atoms with E-state index in [1.165, 1.54) is 17.1 Å². The van der Waals surface area contributed by atoms with Gasteiger partial charge in [0.1, 0.15) is 0 Å². The molecule has 1 aromatic heterocycles. The maximum atomic E-state index is 13.4. The number of anilines is 1. The van der Waals surface area contributed by atoms with Crippen LogP contribution in [0.15, 0.2) is 83.6 Å². The van der Waals surface area contributed by atoms with E-state index in [0.29, 0.717) is 39.3 Å². The van der Waals surface area contributed by atoms with Gasteiger partial charge in [-0.1, -0.05) is 71.2 Å². The summed E-state index contributed by atoms with van der Waals surface area (Å²) in [4.78, 5) is 24.9. The van der Waals surface area contributed by atoms with Crippen molar-refractivity contribution in [2.24, 2.45) is 5.10 Å². The standard InChI is InChI=1S/C28H19Cl3N4O3/c1-16-21(27(36)35(32-16)20-8-10-23(29)22(13-20)28(37)38)12-19-15-34(14-17-7-9-24(30)25(31)11-17)33-26(19)18-5-3-2-4-6-18/h2-13,15H,14H2,1H3,(H,37,38)/b21-12+. The van der Waals surface area contributed by atoms with Crippen molar-refractivity contribution in [2.45, 2.75) is 13.5 Å². The highest BCUT2D eigenvalue weighted by molar-refractivity contribution is 6.42. The first-order valence-corrected chi connectivity index (χ1v) is 12.6. The molecule has 0 fully saturated rings. The number of hydrazone groups is 1. The van der Waals surface area contributed by atoms with E-state index in [1.807, 2.05) is 42.6 Å². The van der Waals surface area contributed by atoms with Crippen LogP contribution in [0.2, 0.25) is 15.1 Å². The first-order chi connectivity index (χ1) is 18.2. The zero-order valence-corrected chi connectivity index (χ0v) is 22.2. The van der Waals surface area contributed by atoms with Gasteiger partial charge in [-0.3, -0.25) is 9.48 Å². The lowest BCUT2D eigenvalue weighted by Gasteiger charge is -2.13. The lowest BCUT2D eigenvalue weighted by molar-refractivity contribution is -0.114. The topological polar surface area (TPSA) is 87.8 Å². The fourth-order valence-corrected chi connectivity index (χ4v) is 4.61. The summed E-state index contributed by atoms with van der Waals surface area (Å²) in [6, 6.07) is 19.4. The van der Waals surface area contributed by atoms with Crippen LogP contribution in [-0.4, -0.2) is 32.5 Å². The zero-order chi connectivity index (χ0) is 27.0. The number of halogens is 3. The summed E-state index contributed by atoms with van der Waals surface area (Å²) in [5.74, 6) is -1.58. The lowest BCUT2D eigenvalue weighted by atomic mass is 10.0. The number of benzene rings is 3. The number of amides is 1. The number of carbonyl (C=O) groups excluding carboxylic acids is 1. The van der Waals surface area contributed by atoms with Crippen LogP contribution in [0.3, 0.4) is 0 Å². The van der Waals surface area contributed by atoms with Gasteiger partial charge in [0, 0.05) is 17.3 Å². The summed E-state index contributed by atoms with van der Waals surface area (Å²) in [5, 5.41) is 20.8. The number of carbonyl (C=O) groups is 2. The van der Waals surface area contributed by atoms with Crippen molar-refractivity contribution in [1.82, 2.24) is 9.78 Å². The molecule has 0 saturated carbocycles. The van der Waals surface area contributed by atoms with Crippen LogP contribution in [0.25, 0.3) is 17.3 Å². The highest BCUT2D eigenvalue weighted by atomic mass is 35.5. The van der Waals surface area contributed by atoms with E-state index in [9.17, 15) is 14.7 Å². The predicted molar refractivity (Wildman–Crippen MR) is 150 cm³/mol. The van der Waals surface area contributed by atoms with Crippen molar-refractivity contribution in [3.05, 3.63) is 110 Å². The molecule has 190 valence electrons. The molecular formula is C28H19Cl3N4O3. The van der Waals surface area contributed by atoms with E-state index >= 15 is 0 Å². The zero-order valence-electron chi connectivity index (χ0n) is 19.9. The minimum absolute atomic E-state index is 0.0752. The van der Waals surface area contributed by atoms with Gasteiger partial charge in [0.25, 0.3) is 5.91 Å². The quantitative estimate of drug-likeness (QED) is 0.253. The number of aromatic nitrogens is 2. The van der Waals surface area contributed by atoms with Crippen LogP contribution in [0.1, 0.15) is 28.4 Å². The molecule has 0 atom stereocenters. The molecule has 0 unspecified atom stereocenters. The molecule has 5 rings (SSSR count). The average Bonchev–Trinajstić information content (AvgIpc) is 3.42. The molecular weight excluding hydrogens is 547 g/mol. The molecule has 3 aromatic carbocycles. The Labute approximate surface area is 233 Å². The molecule has 0 aliphatic carbocycles. The molecule has 2 heterocycles. The second-order valence-electron chi connectivity index (χ2n) is 8.57. The van der Waals surface area contributed by atoms with E-state index in [4.69, 9.17) is 39.9 Å². The highest BCUT2D eigenvalue weighted by Crippen LogP contribution is 2.31. The van der Waals surface area contributed by atoms with Crippen molar-refractivity contribution < 1.29 is 14.7 Å². The van der Waals surface area contributed by atoms with Crippen LogP contribution in [0, 0.1) is 0 Å². The van der Waals surface area contributed by atoms with Crippen molar-refractivity contribution in [1.29, 1.82) is 0 Å². The summed E-state index contributed by atoms with van der Waals surface area (Å²) < 4.78 is 1.77. The molecule has 0 bridgehead atoms.